The third-order valence-corrected chi connectivity index (χ3v) is 6.58. The lowest BCUT2D eigenvalue weighted by molar-refractivity contribution is 0.0932. The minimum Gasteiger partial charge on any atom is -0.436 e. The second kappa shape index (κ2) is 8.66. The molecule has 4 rings (SSSR count). The molecule has 1 unspecified atom stereocenters. The number of likely N-dealkylation sites (tertiary alicyclic amines) is 1. The molecule has 0 bridgehead atoms. The van der Waals surface area contributed by atoms with Gasteiger partial charge in [0.2, 0.25) is 0 Å². The number of piperidine rings is 1. The Morgan fingerprint density at radius 1 is 1.28 bits per heavy atom. The summed E-state index contributed by atoms with van der Waals surface area (Å²) in [5.74, 6) is 2.44. The lowest BCUT2D eigenvalue weighted by Gasteiger charge is -2.30. The molecule has 1 aromatic heterocycles. The number of nitrogens with zero attached hydrogens (tertiary/aromatic N) is 2. The van der Waals surface area contributed by atoms with E-state index in [0.717, 1.165) is 30.7 Å². The molecule has 2 aromatic rings. The highest BCUT2D eigenvalue weighted by molar-refractivity contribution is 7.09. The Bertz CT molecular complexity index is 941. The van der Waals surface area contributed by atoms with Gasteiger partial charge in [-0.25, -0.2) is 9.78 Å². The molecule has 1 aromatic carbocycles. The summed E-state index contributed by atoms with van der Waals surface area (Å²) in [6.07, 6.45) is 8.28. The molecular formula is C22H23N3O3S. The van der Waals surface area contributed by atoms with E-state index >= 15 is 0 Å². The van der Waals surface area contributed by atoms with Crippen LogP contribution in [0, 0.1) is 12.3 Å². The maximum absolute atomic E-state index is 12.7. The molecule has 1 N–H and O–H groups in total. The number of thiazole rings is 1. The summed E-state index contributed by atoms with van der Waals surface area (Å²) in [6, 6.07) is 8.31. The number of hydrogen-bond donors (Lipinski definition) is 1. The number of rotatable bonds is 4. The normalized spacial score (nSPS) is 18.7. The molecule has 0 saturated carbocycles. The lowest BCUT2D eigenvalue weighted by Crippen LogP contribution is -2.38. The van der Waals surface area contributed by atoms with E-state index < -0.39 is 0 Å². The Kier molecular flexibility index (Phi) is 5.81. The van der Waals surface area contributed by atoms with Crippen molar-refractivity contribution in [2.24, 2.45) is 0 Å². The van der Waals surface area contributed by atoms with Crippen molar-refractivity contribution >= 4 is 23.3 Å². The quantitative estimate of drug-likeness (QED) is 0.785. The van der Waals surface area contributed by atoms with Crippen LogP contribution in [-0.2, 0) is 11.2 Å². The number of carbonyl (C=O) groups excluding carboxylic acids is 2. The van der Waals surface area contributed by atoms with Crippen LogP contribution in [0.5, 0.6) is 0 Å². The fourth-order valence-corrected chi connectivity index (χ4v) is 4.99. The molecule has 1 saturated heterocycles. The van der Waals surface area contributed by atoms with Gasteiger partial charge in [-0.05, 0) is 36.8 Å². The van der Waals surface area contributed by atoms with E-state index in [1.54, 1.807) is 4.90 Å². The second-order valence-corrected chi connectivity index (χ2v) is 8.24. The van der Waals surface area contributed by atoms with Crippen molar-refractivity contribution in [3.05, 3.63) is 51.5 Å². The van der Waals surface area contributed by atoms with Gasteiger partial charge in [-0.3, -0.25) is 4.79 Å². The molecule has 150 valence electrons. The Morgan fingerprint density at radius 3 is 2.86 bits per heavy atom. The van der Waals surface area contributed by atoms with E-state index in [4.69, 9.17) is 11.2 Å². The second-order valence-electron chi connectivity index (χ2n) is 7.35. The highest BCUT2D eigenvalue weighted by Crippen LogP contribution is 2.32. The van der Waals surface area contributed by atoms with Crippen LogP contribution in [0.3, 0.4) is 0 Å². The maximum atomic E-state index is 12.7. The van der Waals surface area contributed by atoms with E-state index in [2.05, 4.69) is 28.4 Å². The van der Waals surface area contributed by atoms with E-state index in [0.29, 0.717) is 18.8 Å². The first-order valence-electron chi connectivity index (χ1n) is 9.85. The molecule has 1 aliphatic heterocycles. The number of hydrogen-bond acceptors (Lipinski definition) is 5. The first-order chi connectivity index (χ1) is 14.2. The standard InChI is InChI=1S/C22H23N3O3S/c1-2-13-28-22(27)25-11-9-16(10-12-25)21-24-19(14-29-21)20(26)23-18-8-7-15-5-3-4-6-17(15)18/h1,3-6,14,16,18H,7-13H2,(H,23,26). The molecular weight excluding hydrogens is 386 g/mol. The molecule has 1 atom stereocenters. The van der Waals surface area contributed by atoms with Crippen molar-refractivity contribution in [3.8, 4) is 12.3 Å². The van der Waals surface area contributed by atoms with E-state index in [1.807, 2.05) is 17.5 Å². The molecule has 1 aliphatic carbocycles. The summed E-state index contributed by atoms with van der Waals surface area (Å²) in [5.41, 5.74) is 3.00. The maximum Gasteiger partial charge on any atom is 0.410 e. The van der Waals surface area contributed by atoms with Crippen molar-refractivity contribution in [3.63, 3.8) is 0 Å². The minimum absolute atomic E-state index is 0.00478. The highest BCUT2D eigenvalue weighted by atomic mass is 32.1. The van der Waals surface area contributed by atoms with Crippen molar-refractivity contribution in [2.45, 2.75) is 37.6 Å². The lowest BCUT2D eigenvalue weighted by atomic mass is 9.98. The smallest absolute Gasteiger partial charge is 0.410 e. The highest BCUT2D eigenvalue weighted by Gasteiger charge is 2.28. The van der Waals surface area contributed by atoms with Crippen LogP contribution in [-0.4, -0.2) is 41.6 Å². The van der Waals surface area contributed by atoms with Crippen LogP contribution in [0.25, 0.3) is 0 Å². The average molecular weight is 410 g/mol. The number of aryl methyl sites for hydroxylation is 1. The SMILES string of the molecule is C#CCOC(=O)N1CCC(c2nc(C(=O)NC3CCc4ccccc43)cs2)CC1. The predicted octanol–water partition coefficient (Wildman–Crippen LogP) is 3.51. The van der Waals surface area contributed by atoms with Crippen LogP contribution in [0.4, 0.5) is 4.79 Å². The zero-order valence-corrected chi connectivity index (χ0v) is 16.9. The van der Waals surface area contributed by atoms with Crippen molar-refractivity contribution in [1.82, 2.24) is 15.2 Å². The zero-order chi connectivity index (χ0) is 20.2. The van der Waals surface area contributed by atoms with Crippen LogP contribution in [0.2, 0.25) is 0 Å². The van der Waals surface area contributed by atoms with Gasteiger partial charge in [0.15, 0.2) is 6.61 Å². The molecule has 1 fully saturated rings. The van der Waals surface area contributed by atoms with Crippen LogP contribution in [0.1, 0.15) is 57.8 Å². The van der Waals surface area contributed by atoms with Gasteiger partial charge in [0.05, 0.1) is 11.0 Å². The molecule has 7 heteroatoms. The van der Waals surface area contributed by atoms with Crippen molar-refractivity contribution in [1.29, 1.82) is 0 Å². The predicted molar refractivity (Wildman–Crippen MR) is 111 cm³/mol. The van der Waals surface area contributed by atoms with Gasteiger partial charge in [0.1, 0.15) is 5.69 Å². The van der Waals surface area contributed by atoms with Gasteiger partial charge in [-0.15, -0.1) is 17.8 Å². The van der Waals surface area contributed by atoms with E-state index in [9.17, 15) is 9.59 Å². The number of fused-ring (bicyclic) bond motifs is 1. The fourth-order valence-electron chi connectivity index (χ4n) is 4.02. The Morgan fingerprint density at radius 2 is 2.07 bits per heavy atom. The first kappa shape index (κ1) is 19.5. The first-order valence-corrected chi connectivity index (χ1v) is 10.7. The topological polar surface area (TPSA) is 71.5 Å². The third kappa shape index (κ3) is 4.28. The summed E-state index contributed by atoms with van der Waals surface area (Å²) in [6.45, 7) is 1.21. The summed E-state index contributed by atoms with van der Waals surface area (Å²) in [7, 11) is 0. The van der Waals surface area contributed by atoms with Gasteiger partial charge in [-0.2, -0.15) is 0 Å². The summed E-state index contributed by atoms with van der Waals surface area (Å²) < 4.78 is 4.98. The summed E-state index contributed by atoms with van der Waals surface area (Å²) in [4.78, 5) is 30.9. The molecule has 6 nitrogen and oxygen atoms in total. The van der Waals surface area contributed by atoms with Gasteiger partial charge < -0.3 is 15.0 Å². The van der Waals surface area contributed by atoms with Crippen LogP contribution < -0.4 is 5.32 Å². The van der Waals surface area contributed by atoms with Crippen molar-refractivity contribution < 1.29 is 14.3 Å². The number of benzene rings is 1. The number of amides is 2. The summed E-state index contributed by atoms with van der Waals surface area (Å²) >= 11 is 1.52. The fraction of sp³-hybridized carbons (Fsp3) is 0.409. The van der Waals surface area contributed by atoms with Gasteiger partial charge in [-0.1, -0.05) is 30.2 Å². The van der Waals surface area contributed by atoms with Gasteiger partial charge in [0, 0.05) is 24.4 Å². The van der Waals surface area contributed by atoms with Gasteiger partial charge in [0.25, 0.3) is 5.91 Å². The Balaban J connectivity index is 1.33. The number of terminal acetylenes is 1. The van der Waals surface area contributed by atoms with Crippen LogP contribution >= 0.6 is 11.3 Å². The molecule has 0 spiro atoms. The number of ether oxygens (including phenoxy) is 1. The van der Waals surface area contributed by atoms with Crippen molar-refractivity contribution in [2.75, 3.05) is 19.7 Å². The molecule has 2 aliphatic rings. The minimum atomic E-state index is -0.363. The largest absolute Gasteiger partial charge is 0.436 e. The number of carbonyl (C=O) groups is 2. The average Bonchev–Trinajstić information content (AvgIpc) is 3.40. The monoisotopic (exact) mass is 409 g/mol. The van der Waals surface area contributed by atoms with E-state index in [-0.39, 0.29) is 30.6 Å². The summed E-state index contributed by atoms with van der Waals surface area (Å²) in [5, 5.41) is 5.92. The molecule has 2 amide bonds. The van der Waals surface area contributed by atoms with E-state index in [1.165, 1.54) is 22.5 Å². The van der Waals surface area contributed by atoms with Gasteiger partial charge >= 0.3 is 6.09 Å². The molecule has 29 heavy (non-hydrogen) atoms. The molecule has 2 heterocycles. The van der Waals surface area contributed by atoms with Crippen LogP contribution in [0.15, 0.2) is 29.6 Å². The molecule has 0 radical (unpaired) electrons. The Labute approximate surface area is 174 Å². The number of aromatic nitrogens is 1. The number of nitrogens with one attached hydrogen (secondary N) is 1. The third-order valence-electron chi connectivity index (χ3n) is 5.57. The Hall–Kier alpha value is -2.85. The zero-order valence-electron chi connectivity index (χ0n) is 16.1.